The lowest BCUT2D eigenvalue weighted by Crippen LogP contribution is -2.83. The molecule has 2 aliphatic heterocycles. The Morgan fingerprint density at radius 1 is 1.24 bits per heavy atom. The van der Waals surface area contributed by atoms with Crippen LogP contribution in [0.5, 0.6) is 0 Å². The predicted octanol–water partition coefficient (Wildman–Crippen LogP) is 1.15. The molecule has 5 unspecified atom stereocenters. The number of carbonyl (C=O) groups excluding carboxylic acids is 1. The molecular formula is C16H28N2O3. The summed E-state index contributed by atoms with van der Waals surface area (Å²) in [5.41, 5.74) is 5.59. The molecule has 0 radical (unpaired) electrons. The molecule has 21 heavy (non-hydrogen) atoms. The van der Waals surface area contributed by atoms with Gasteiger partial charge in [-0.3, -0.25) is 4.79 Å². The van der Waals surface area contributed by atoms with Crippen molar-refractivity contribution in [1.29, 1.82) is 0 Å². The van der Waals surface area contributed by atoms with E-state index >= 15 is 0 Å². The molecule has 0 bridgehead atoms. The monoisotopic (exact) mass is 296 g/mol. The first-order valence-electron chi connectivity index (χ1n) is 8.13. The van der Waals surface area contributed by atoms with Crippen molar-refractivity contribution in [1.82, 2.24) is 4.90 Å². The van der Waals surface area contributed by atoms with Crippen LogP contribution in [0.4, 0.5) is 0 Å². The van der Waals surface area contributed by atoms with Crippen LogP contribution >= 0.6 is 0 Å². The maximum absolute atomic E-state index is 13.2. The average molecular weight is 296 g/mol. The Kier molecular flexibility index (Phi) is 3.58. The molecule has 0 aromatic rings. The Morgan fingerprint density at radius 3 is 2.48 bits per heavy atom. The molecule has 1 aliphatic carbocycles. The van der Waals surface area contributed by atoms with E-state index in [-0.39, 0.29) is 35.6 Å². The summed E-state index contributed by atoms with van der Waals surface area (Å²) in [6.45, 7) is 10.2. The summed E-state index contributed by atoms with van der Waals surface area (Å²) in [5, 5.41) is 0. The van der Waals surface area contributed by atoms with Gasteiger partial charge in [0.15, 0.2) is 0 Å². The first-order valence-corrected chi connectivity index (χ1v) is 8.13. The van der Waals surface area contributed by atoms with Gasteiger partial charge in [-0.05, 0) is 26.7 Å². The van der Waals surface area contributed by atoms with Gasteiger partial charge < -0.3 is 20.1 Å². The van der Waals surface area contributed by atoms with Crippen LogP contribution in [-0.2, 0) is 14.3 Å². The first-order chi connectivity index (χ1) is 9.78. The molecule has 0 aromatic carbocycles. The van der Waals surface area contributed by atoms with Gasteiger partial charge in [0.25, 0.3) is 0 Å². The summed E-state index contributed by atoms with van der Waals surface area (Å²) >= 11 is 0. The van der Waals surface area contributed by atoms with Crippen LogP contribution in [0.2, 0.25) is 0 Å². The highest BCUT2D eigenvalue weighted by atomic mass is 16.5. The third-order valence-corrected chi connectivity index (χ3v) is 5.75. The minimum absolute atomic E-state index is 0.0721. The lowest BCUT2D eigenvalue weighted by molar-refractivity contribution is -0.232. The molecule has 120 valence electrons. The Morgan fingerprint density at radius 2 is 1.86 bits per heavy atom. The van der Waals surface area contributed by atoms with Crippen LogP contribution in [-0.4, -0.2) is 54.4 Å². The van der Waals surface area contributed by atoms with E-state index in [2.05, 4.69) is 13.8 Å². The Bertz CT molecular complexity index is 429. The number of nitrogens with zero attached hydrogens (tertiary/aromatic N) is 1. The van der Waals surface area contributed by atoms with Crippen molar-refractivity contribution in [2.45, 2.75) is 64.4 Å². The lowest BCUT2D eigenvalue weighted by atomic mass is 9.46. The number of ether oxygens (including phenoxy) is 2. The van der Waals surface area contributed by atoms with Gasteiger partial charge in [0.1, 0.15) is 5.54 Å². The second-order valence-corrected chi connectivity index (χ2v) is 7.60. The summed E-state index contributed by atoms with van der Waals surface area (Å²) in [7, 11) is 0. The minimum atomic E-state index is -0.797. The summed E-state index contributed by atoms with van der Waals surface area (Å²) in [6, 6.07) is 0. The average Bonchev–Trinajstić information content (AvgIpc) is 2.44. The van der Waals surface area contributed by atoms with E-state index in [9.17, 15) is 4.79 Å². The van der Waals surface area contributed by atoms with Crippen molar-refractivity contribution in [3.63, 3.8) is 0 Å². The number of carbonyl (C=O) groups is 1. The van der Waals surface area contributed by atoms with Gasteiger partial charge in [-0.1, -0.05) is 13.8 Å². The SMILES string of the molecule is CC1CN(C(=O)C2(N)C3CCCOC3C2(C)C)CC(C)O1. The molecule has 3 aliphatic rings. The van der Waals surface area contributed by atoms with E-state index in [0.717, 1.165) is 19.4 Å². The molecule has 2 saturated heterocycles. The largest absolute Gasteiger partial charge is 0.377 e. The molecule has 1 amide bonds. The van der Waals surface area contributed by atoms with E-state index < -0.39 is 5.54 Å². The van der Waals surface area contributed by atoms with Crippen LogP contribution in [0.25, 0.3) is 0 Å². The summed E-state index contributed by atoms with van der Waals surface area (Å²) < 4.78 is 11.6. The number of morpholine rings is 1. The van der Waals surface area contributed by atoms with Crippen LogP contribution in [0.15, 0.2) is 0 Å². The smallest absolute Gasteiger partial charge is 0.243 e. The summed E-state index contributed by atoms with van der Waals surface area (Å²) in [5.74, 6) is 0.239. The lowest BCUT2D eigenvalue weighted by Gasteiger charge is -2.66. The van der Waals surface area contributed by atoms with E-state index in [1.807, 2.05) is 18.7 Å². The zero-order valence-electron chi connectivity index (χ0n) is 13.6. The highest BCUT2D eigenvalue weighted by Crippen LogP contribution is 2.58. The van der Waals surface area contributed by atoms with Gasteiger partial charge in [0, 0.05) is 31.0 Å². The molecule has 0 aromatic heterocycles. The van der Waals surface area contributed by atoms with Crippen molar-refractivity contribution in [2.24, 2.45) is 17.1 Å². The van der Waals surface area contributed by atoms with Gasteiger partial charge in [-0.25, -0.2) is 0 Å². The third kappa shape index (κ3) is 2.05. The summed E-state index contributed by atoms with van der Waals surface area (Å²) in [6.07, 6.45) is 2.26. The number of hydrogen-bond donors (Lipinski definition) is 1. The van der Waals surface area contributed by atoms with Crippen LogP contribution in [0.1, 0.15) is 40.5 Å². The van der Waals surface area contributed by atoms with Gasteiger partial charge >= 0.3 is 0 Å². The number of rotatable bonds is 1. The van der Waals surface area contributed by atoms with Crippen molar-refractivity contribution < 1.29 is 14.3 Å². The molecule has 3 fully saturated rings. The van der Waals surface area contributed by atoms with Crippen LogP contribution in [0, 0.1) is 11.3 Å². The maximum Gasteiger partial charge on any atom is 0.243 e. The Hall–Kier alpha value is -0.650. The molecule has 2 heterocycles. The standard InChI is InChI=1S/C16H28N2O3/c1-10-8-18(9-11(2)21-10)14(19)16(17)12-6-5-7-20-13(12)15(16,3)4/h10-13H,5-9,17H2,1-4H3. The predicted molar refractivity (Wildman–Crippen MR) is 79.8 cm³/mol. The second kappa shape index (κ2) is 4.93. The number of hydrogen-bond acceptors (Lipinski definition) is 4. The van der Waals surface area contributed by atoms with Crippen LogP contribution in [0.3, 0.4) is 0 Å². The molecule has 5 nitrogen and oxygen atoms in total. The van der Waals surface area contributed by atoms with Crippen molar-refractivity contribution in [2.75, 3.05) is 19.7 Å². The number of amides is 1. The fraction of sp³-hybridized carbons (Fsp3) is 0.938. The van der Waals surface area contributed by atoms with Gasteiger partial charge in [0.05, 0.1) is 18.3 Å². The van der Waals surface area contributed by atoms with E-state index in [1.165, 1.54) is 0 Å². The molecule has 3 rings (SSSR count). The van der Waals surface area contributed by atoms with E-state index in [0.29, 0.717) is 13.1 Å². The summed E-state index contributed by atoms with van der Waals surface area (Å²) in [4.78, 5) is 15.1. The molecular weight excluding hydrogens is 268 g/mol. The zero-order chi connectivity index (χ0) is 15.4. The van der Waals surface area contributed by atoms with Gasteiger partial charge in [-0.2, -0.15) is 0 Å². The fourth-order valence-corrected chi connectivity index (χ4v) is 4.62. The number of nitrogens with two attached hydrogens (primary N) is 1. The normalized spacial score (nSPS) is 45.7. The van der Waals surface area contributed by atoms with Gasteiger partial charge in [-0.15, -0.1) is 0 Å². The fourth-order valence-electron chi connectivity index (χ4n) is 4.62. The van der Waals surface area contributed by atoms with Crippen LogP contribution < -0.4 is 5.73 Å². The second-order valence-electron chi connectivity index (χ2n) is 7.60. The molecule has 0 spiro atoms. The highest BCUT2D eigenvalue weighted by Gasteiger charge is 2.71. The van der Waals surface area contributed by atoms with Gasteiger partial charge in [0.2, 0.25) is 5.91 Å². The Labute approximate surface area is 127 Å². The quantitative estimate of drug-likeness (QED) is 0.788. The van der Waals surface area contributed by atoms with Crippen molar-refractivity contribution in [3.8, 4) is 0 Å². The van der Waals surface area contributed by atoms with Crippen molar-refractivity contribution in [3.05, 3.63) is 0 Å². The minimum Gasteiger partial charge on any atom is -0.377 e. The third-order valence-electron chi connectivity index (χ3n) is 5.75. The van der Waals surface area contributed by atoms with E-state index in [4.69, 9.17) is 15.2 Å². The maximum atomic E-state index is 13.2. The van der Waals surface area contributed by atoms with Crippen molar-refractivity contribution >= 4 is 5.91 Å². The Balaban J connectivity index is 1.82. The molecule has 5 heteroatoms. The topological polar surface area (TPSA) is 64.8 Å². The van der Waals surface area contributed by atoms with E-state index in [1.54, 1.807) is 0 Å². The molecule has 5 atom stereocenters. The molecule has 2 N–H and O–H groups in total. The number of fused-ring (bicyclic) bond motifs is 1. The zero-order valence-corrected chi connectivity index (χ0v) is 13.6. The highest BCUT2D eigenvalue weighted by molar-refractivity contribution is 5.89. The first kappa shape index (κ1) is 15.3. The molecule has 1 saturated carbocycles.